The third-order valence-electron chi connectivity index (χ3n) is 3.68. The molecule has 0 spiro atoms. The van der Waals surface area contributed by atoms with Gasteiger partial charge >= 0.3 is 11.9 Å². The zero-order valence-electron chi connectivity index (χ0n) is 10.5. The number of carboxylic acids is 1. The van der Waals surface area contributed by atoms with E-state index in [0.29, 0.717) is 13.0 Å². The standard InChI is InChI=1S/C12H21NO4/c1-9-5-3-4-7-12(9,11(15)16)13-8-6-10(14)17-2/h9,13H,3-8H2,1-2H3,(H,15,16). The van der Waals surface area contributed by atoms with Gasteiger partial charge in [-0.05, 0) is 18.8 Å². The first-order valence-corrected chi connectivity index (χ1v) is 6.08. The summed E-state index contributed by atoms with van der Waals surface area (Å²) in [4.78, 5) is 22.5. The Balaban J connectivity index is 2.59. The Morgan fingerprint density at radius 1 is 1.47 bits per heavy atom. The predicted molar refractivity (Wildman–Crippen MR) is 62.6 cm³/mol. The number of rotatable bonds is 5. The molecule has 1 aliphatic rings. The van der Waals surface area contributed by atoms with E-state index in [0.717, 1.165) is 19.3 Å². The average Bonchev–Trinajstić information content (AvgIpc) is 2.31. The molecule has 1 rings (SSSR count). The van der Waals surface area contributed by atoms with Gasteiger partial charge in [0.15, 0.2) is 0 Å². The quantitative estimate of drug-likeness (QED) is 0.709. The minimum atomic E-state index is -0.869. The first kappa shape index (κ1) is 14.0. The van der Waals surface area contributed by atoms with Crippen molar-refractivity contribution in [2.75, 3.05) is 13.7 Å². The van der Waals surface area contributed by atoms with Crippen LogP contribution in [0.15, 0.2) is 0 Å². The smallest absolute Gasteiger partial charge is 0.324 e. The second-order valence-corrected chi connectivity index (χ2v) is 4.68. The minimum Gasteiger partial charge on any atom is -0.480 e. The van der Waals surface area contributed by atoms with E-state index in [2.05, 4.69) is 10.1 Å². The molecule has 1 aliphatic carbocycles. The fourth-order valence-electron chi connectivity index (χ4n) is 2.49. The van der Waals surface area contributed by atoms with Crippen molar-refractivity contribution in [2.45, 2.75) is 44.6 Å². The van der Waals surface area contributed by atoms with Gasteiger partial charge in [-0.25, -0.2) is 0 Å². The van der Waals surface area contributed by atoms with Gasteiger partial charge in [-0.15, -0.1) is 0 Å². The summed E-state index contributed by atoms with van der Waals surface area (Å²) >= 11 is 0. The van der Waals surface area contributed by atoms with Gasteiger partial charge in [0, 0.05) is 6.54 Å². The number of nitrogens with one attached hydrogen (secondary N) is 1. The van der Waals surface area contributed by atoms with Crippen LogP contribution in [0.4, 0.5) is 0 Å². The highest BCUT2D eigenvalue weighted by Crippen LogP contribution is 2.33. The number of hydrogen-bond donors (Lipinski definition) is 2. The average molecular weight is 243 g/mol. The lowest BCUT2D eigenvalue weighted by atomic mass is 9.73. The number of carbonyl (C=O) groups is 2. The highest BCUT2D eigenvalue weighted by molar-refractivity contribution is 5.79. The van der Waals surface area contributed by atoms with Crippen LogP contribution in [0, 0.1) is 5.92 Å². The molecule has 2 unspecified atom stereocenters. The Labute approximate surface area is 102 Å². The highest BCUT2D eigenvalue weighted by Gasteiger charge is 2.44. The van der Waals surface area contributed by atoms with Crippen molar-refractivity contribution in [3.05, 3.63) is 0 Å². The van der Waals surface area contributed by atoms with Gasteiger partial charge < -0.3 is 15.2 Å². The van der Waals surface area contributed by atoms with Crippen LogP contribution >= 0.6 is 0 Å². The van der Waals surface area contributed by atoms with E-state index in [4.69, 9.17) is 0 Å². The van der Waals surface area contributed by atoms with Crippen molar-refractivity contribution in [2.24, 2.45) is 5.92 Å². The summed E-state index contributed by atoms with van der Waals surface area (Å²) in [5, 5.41) is 12.5. The van der Waals surface area contributed by atoms with E-state index in [1.165, 1.54) is 7.11 Å². The monoisotopic (exact) mass is 243 g/mol. The van der Waals surface area contributed by atoms with Crippen molar-refractivity contribution in [1.29, 1.82) is 0 Å². The zero-order valence-corrected chi connectivity index (χ0v) is 10.5. The second kappa shape index (κ2) is 6.00. The van der Waals surface area contributed by atoms with Gasteiger partial charge in [0.2, 0.25) is 0 Å². The van der Waals surface area contributed by atoms with Gasteiger partial charge in [0.25, 0.3) is 0 Å². The van der Waals surface area contributed by atoms with Crippen LogP contribution in [0.1, 0.15) is 39.0 Å². The Hall–Kier alpha value is -1.10. The van der Waals surface area contributed by atoms with Crippen LogP contribution in [0.5, 0.6) is 0 Å². The van der Waals surface area contributed by atoms with Gasteiger partial charge in [-0.1, -0.05) is 19.8 Å². The van der Waals surface area contributed by atoms with Crippen LogP contribution in [0.25, 0.3) is 0 Å². The first-order valence-electron chi connectivity index (χ1n) is 6.08. The van der Waals surface area contributed by atoms with Gasteiger partial charge in [0.05, 0.1) is 13.5 Å². The summed E-state index contributed by atoms with van der Waals surface area (Å²) in [5.41, 5.74) is -0.869. The van der Waals surface area contributed by atoms with Crippen molar-refractivity contribution in [3.63, 3.8) is 0 Å². The molecule has 0 aromatic rings. The summed E-state index contributed by atoms with van der Waals surface area (Å²) in [6.45, 7) is 2.31. The molecule has 0 saturated heterocycles. The number of hydrogen-bond acceptors (Lipinski definition) is 4. The van der Waals surface area contributed by atoms with E-state index in [9.17, 15) is 14.7 Å². The molecule has 0 heterocycles. The molecule has 0 aromatic carbocycles. The molecule has 1 saturated carbocycles. The van der Waals surface area contributed by atoms with Crippen molar-refractivity contribution in [1.82, 2.24) is 5.32 Å². The van der Waals surface area contributed by atoms with Crippen LogP contribution < -0.4 is 5.32 Å². The SMILES string of the molecule is COC(=O)CCNC1(C(=O)O)CCCCC1C. The van der Waals surface area contributed by atoms with E-state index < -0.39 is 11.5 Å². The lowest BCUT2D eigenvalue weighted by Crippen LogP contribution is -2.58. The van der Waals surface area contributed by atoms with Crippen molar-refractivity contribution < 1.29 is 19.4 Å². The van der Waals surface area contributed by atoms with E-state index in [-0.39, 0.29) is 18.3 Å². The van der Waals surface area contributed by atoms with Crippen LogP contribution in [-0.4, -0.2) is 36.2 Å². The molecule has 98 valence electrons. The molecular formula is C12H21NO4. The van der Waals surface area contributed by atoms with Crippen LogP contribution in [-0.2, 0) is 14.3 Å². The molecule has 0 radical (unpaired) electrons. The molecular weight excluding hydrogens is 222 g/mol. The number of esters is 1. The molecule has 0 aliphatic heterocycles. The number of carboxylic acid groups (broad SMARTS) is 1. The third-order valence-corrected chi connectivity index (χ3v) is 3.68. The van der Waals surface area contributed by atoms with Crippen LogP contribution in [0.3, 0.4) is 0 Å². The molecule has 17 heavy (non-hydrogen) atoms. The maximum absolute atomic E-state index is 11.5. The fraction of sp³-hybridized carbons (Fsp3) is 0.833. The number of carbonyl (C=O) groups excluding carboxylic acids is 1. The highest BCUT2D eigenvalue weighted by atomic mass is 16.5. The number of ether oxygens (including phenoxy) is 1. The third kappa shape index (κ3) is 3.19. The van der Waals surface area contributed by atoms with Gasteiger partial charge in [-0.3, -0.25) is 9.59 Å². The molecule has 0 aromatic heterocycles. The van der Waals surface area contributed by atoms with Crippen LogP contribution in [0.2, 0.25) is 0 Å². The number of aliphatic carboxylic acids is 1. The molecule has 5 nitrogen and oxygen atoms in total. The van der Waals surface area contributed by atoms with Crippen molar-refractivity contribution in [3.8, 4) is 0 Å². The number of methoxy groups -OCH3 is 1. The Kier molecular flexibility index (Phi) is 4.93. The van der Waals surface area contributed by atoms with Gasteiger partial charge in [-0.2, -0.15) is 0 Å². The zero-order chi connectivity index (χ0) is 12.9. The molecule has 0 amide bonds. The summed E-state index contributed by atoms with van der Waals surface area (Å²) in [5.74, 6) is -1.04. The van der Waals surface area contributed by atoms with E-state index >= 15 is 0 Å². The lowest BCUT2D eigenvalue weighted by molar-refractivity contribution is -0.150. The topological polar surface area (TPSA) is 75.6 Å². The first-order chi connectivity index (χ1) is 8.03. The summed E-state index contributed by atoms with van der Waals surface area (Å²) in [6, 6.07) is 0. The summed E-state index contributed by atoms with van der Waals surface area (Å²) in [7, 11) is 1.33. The fourth-order valence-corrected chi connectivity index (χ4v) is 2.49. The maximum atomic E-state index is 11.5. The summed E-state index contributed by atoms with van der Waals surface area (Å²) in [6.07, 6.45) is 3.75. The molecule has 1 fully saturated rings. The van der Waals surface area contributed by atoms with Crippen molar-refractivity contribution >= 4 is 11.9 Å². The normalized spacial score (nSPS) is 28.7. The van der Waals surface area contributed by atoms with E-state index in [1.54, 1.807) is 0 Å². The Bertz CT molecular complexity index is 292. The molecule has 2 N–H and O–H groups in total. The Morgan fingerprint density at radius 3 is 2.71 bits per heavy atom. The second-order valence-electron chi connectivity index (χ2n) is 4.68. The molecule has 0 bridgehead atoms. The van der Waals surface area contributed by atoms with Gasteiger partial charge in [0.1, 0.15) is 5.54 Å². The molecule has 2 atom stereocenters. The minimum absolute atomic E-state index is 0.0893. The Morgan fingerprint density at radius 2 is 2.18 bits per heavy atom. The summed E-state index contributed by atoms with van der Waals surface area (Å²) < 4.78 is 4.53. The molecule has 5 heteroatoms. The largest absolute Gasteiger partial charge is 0.480 e. The maximum Gasteiger partial charge on any atom is 0.324 e. The lowest BCUT2D eigenvalue weighted by Gasteiger charge is -2.39. The predicted octanol–water partition coefficient (Wildman–Crippen LogP) is 1.17. The van der Waals surface area contributed by atoms with E-state index in [1.807, 2.05) is 6.92 Å².